The summed E-state index contributed by atoms with van der Waals surface area (Å²) in [5.74, 6) is 1.26. The number of anilines is 2. The Labute approximate surface area is 186 Å². The molecule has 0 radical (unpaired) electrons. The van der Waals surface area contributed by atoms with Gasteiger partial charge in [-0.1, -0.05) is 11.6 Å². The summed E-state index contributed by atoms with van der Waals surface area (Å²) in [4.78, 5) is 24.7. The predicted octanol–water partition coefficient (Wildman–Crippen LogP) is 2.33. The van der Waals surface area contributed by atoms with Crippen molar-refractivity contribution in [1.29, 1.82) is 0 Å². The molecule has 32 heavy (non-hydrogen) atoms. The first-order chi connectivity index (χ1) is 15.7. The monoisotopic (exact) mass is 431 g/mol. The molecular weight excluding hydrogens is 406 g/mol. The molecule has 0 bridgehead atoms. The van der Waals surface area contributed by atoms with E-state index in [0.717, 1.165) is 54.9 Å². The molecule has 1 saturated heterocycles. The second-order valence-electron chi connectivity index (χ2n) is 7.83. The maximum Gasteiger partial charge on any atom is 0.227 e. The molecule has 1 fully saturated rings. The van der Waals surface area contributed by atoms with E-state index in [1.54, 1.807) is 19.5 Å². The largest absolute Gasteiger partial charge is 0.480 e. The molecular formula is C23H25N7O2. The van der Waals surface area contributed by atoms with Gasteiger partial charge < -0.3 is 20.1 Å². The van der Waals surface area contributed by atoms with Crippen molar-refractivity contribution in [2.45, 2.75) is 19.3 Å². The minimum Gasteiger partial charge on any atom is -0.480 e. The van der Waals surface area contributed by atoms with Crippen molar-refractivity contribution < 1.29 is 9.47 Å². The maximum atomic E-state index is 5.79. The van der Waals surface area contributed by atoms with E-state index in [2.05, 4.69) is 32.0 Å². The topological polar surface area (TPSA) is 112 Å². The lowest BCUT2D eigenvalue weighted by molar-refractivity contribution is 0.122. The smallest absolute Gasteiger partial charge is 0.227 e. The quantitative estimate of drug-likeness (QED) is 0.650. The molecule has 1 aliphatic heterocycles. The zero-order valence-electron chi connectivity index (χ0n) is 18.0. The lowest BCUT2D eigenvalue weighted by Gasteiger charge is -2.29. The number of methoxy groups -OCH3 is 1. The number of morpholine rings is 1. The molecule has 2 aliphatic rings. The zero-order chi connectivity index (χ0) is 21.9. The van der Waals surface area contributed by atoms with Gasteiger partial charge in [0.2, 0.25) is 17.8 Å². The van der Waals surface area contributed by atoms with E-state index in [-0.39, 0.29) is 5.95 Å². The summed E-state index contributed by atoms with van der Waals surface area (Å²) in [6, 6.07) is 4.07. The van der Waals surface area contributed by atoms with Crippen LogP contribution in [0, 0.1) is 0 Å². The molecule has 0 aromatic carbocycles. The van der Waals surface area contributed by atoms with Crippen LogP contribution in [0.1, 0.15) is 23.2 Å². The third-order valence-corrected chi connectivity index (χ3v) is 5.73. The van der Waals surface area contributed by atoms with Gasteiger partial charge in [-0.25, -0.2) is 15.0 Å². The van der Waals surface area contributed by atoms with Crippen LogP contribution in [0.25, 0.3) is 17.3 Å². The number of rotatable bonds is 5. The van der Waals surface area contributed by atoms with Gasteiger partial charge in [0.25, 0.3) is 0 Å². The summed E-state index contributed by atoms with van der Waals surface area (Å²) < 4.78 is 11.0. The van der Waals surface area contributed by atoms with Gasteiger partial charge >= 0.3 is 0 Å². The highest BCUT2D eigenvalue weighted by Crippen LogP contribution is 2.36. The van der Waals surface area contributed by atoms with Crippen LogP contribution in [0.15, 0.2) is 36.3 Å². The number of hydrogen-bond donors (Lipinski definition) is 1. The fourth-order valence-electron chi connectivity index (χ4n) is 4.13. The molecule has 0 saturated carbocycles. The van der Waals surface area contributed by atoms with E-state index in [4.69, 9.17) is 25.2 Å². The molecule has 1 aliphatic carbocycles. The molecule has 3 aromatic heterocycles. The summed E-state index contributed by atoms with van der Waals surface area (Å²) >= 11 is 0. The Balaban J connectivity index is 1.60. The molecule has 0 amide bonds. The lowest BCUT2D eigenvalue weighted by Crippen LogP contribution is -2.37. The van der Waals surface area contributed by atoms with Gasteiger partial charge in [-0.05, 0) is 37.0 Å². The minimum atomic E-state index is 0.167. The Morgan fingerprint density at radius 2 is 2.00 bits per heavy atom. The number of aromatic nitrogens is 5. The van der Waals surface area contributed by atoms with Crippen molar-refractivity contribution in [2.24, 2.45) is 0 Å². The first-order valence-electron chi connectivity index (χ1n) is 10.7. The highest BCUT2D eigenvalue weighted by molar-refractivity contribution is 5.74. The summed E-state index contributed by atoms with van der Waals surface area (Å²) in [7, 11) is 1.58. The summed E-state index contributed by atoms with van der Waals surface area (Å²) in [6.45, 7) is 2.82. The van der Waals surface area contributed by atoms with Crippen molar-refractivity contribution in [2.75, 3.05) is 44.0 Å². The molecule has 3 aromatic rings. The van der Waals surface area contributed by atoms with Gasteiger partial charge in [0.05, 0.1) is 37.3 Å². The standard InChI is InChI=1S/C23H25N7O2/c1-31-21-18(14-26-22(24)29-21)20-17-5-4-15(11-16-3-2-6-25-13-16)12-19(17)27-23(28-20)30-7-9-32-10-8-30/h2-3,6,12-14H,4-5,7-11H2,1H3,(H2,24,26,29). The Bertz CT molecular complexity index is 1140. The second kappa shape index (κ2) is 8.88. The van der Waals surface area contributed by atoms with Crippen molar-refractivity contribution in [3.63, 3.8) is 0 Å². The normalized spacial score (nSPS) is 15.8. The van der Waals surface area contributed by atoms with E-state index in [1.807, 2.05) is 12.3 Å². The van der Waals surface area contributed by atoms with Gasteiger partial charge in [-0.2, -0.15) is 4.98 Å². The fourth-order valence-corrected chi connectivity index (χ4v) is 4.13. The first kappa shape index (κ1) is 20.3. The van der Waals surface area contributed by atoms with Crippen LogP contribution < -0.4 is 15.4 Å². The van der Waals surface area contributed by atoms with Crippen LogP contribution in [-0.4, -0.2) is 58.3 Å². The molecule has 5 rings (SSSR count). The average Bonchev–Trinajstić information content (AvgIpc) is 2.84. The Morgan fingerprint density at radius 1 is 1.12 bits per heavy atom. The van der Waals surface area contributed by atoms with Crippen LogP contribution in [0.4, 0.5) is 11.9 Å². The van der Waals surface area contributed by atoms with Gasteiger partial charge in [-0.15, -0.1) is 0 Å². The molecule has 9 nitrogen and oxygen atoms in total. The van der Waals surface area contributed by atoms with Crippen molar-refractivity contribution in [3.05, 3.63) is 53.1 Å². The van der Waals surface area contributed by atoms with Gasteiger partial charge in [0, 0.05) is 37.2 Å². The number of ether oxygens (including phenoxy) is 2. The van der Waals surface area contributed by atoms with Crippen molar-refractivity contribution in [3.8, 4) is 17.1 Å². The highest BCUT2D eigenvalue weighted by Gasteiger charge is 2.25. The zero-order valence-corrected chi connectivity index (χ0v) is 18.0. The van der Waals surface area contributed by atoms with Gasteiger partial charge in [0.1, 0.15) is 0 Å². The molecule has 9 heteroatoms. The van der Waals surface area contributed by atoms with Crippen LogP contribution in [0.3, 0.4) is 0 Å². The molecule has 4 heterocycles. The number of nitrogen functional groups attached to an aromatic ring is 1. The Kier molecular flexibility index (Phi) is 5.64. The second-order valence-corrected chi connectivity index (χ2v) is 7.83. The Hall–Kier alpha value is -3.59. The number of nitrogens with zero attached hydrogens (tertiary/aromatic N) is 6. The van der Waals surface area contributed by atoms with Crippen molar-refractivity contribution in [1.82, 2.24) is 24.9 Å². The molecule has 0 atom stereocenters. The number of hydrogen-bond acceptors (Lipinski definition) is 9. The predicted molar refractivity (Wildman–Crippen MR) is 121 cm³/mol. The fraction of sp³-hybridized carbons (Fsp3) is 0.348. The Morgan fingerprint density at radius 3 is 2.78 bits per heavy atom. The third-order valence-electron chi connectivity index (χ3n) is 5.73. The maximum absolute atomic E-state index is 5.79. The molecule has 2 N–H and O–H groups in total. The van der Waals surface area contributed by atoms with Crippen molar-refractivity contribution >= 4 is 18.0 Å². The molecule has 0 unspecified atom stereocenters. The summed E-state index contributed by atoms with van der Waals surface area (Å²) in [5, 5.41) is 0. The number of fused-ring (bicyclic) bond motifs is 1. The van der Waals surface area contributed by atoms with E-state index in [9.17, 15) is 0 Å². The molecule has 0 spiro atoms. The molecule has 164 valence electrons. The highest BCUT2D eigenvalue weighted by atomic mass is 16.5. The van der Waals surface area contributed by atoms with E-state index in [0.29, 0.717) is 25.0 Å². The van der Waals surface area contributed by atoms with Gasteiger partial charge in [0.15, 0.2) is 0 Å². The van der Waals surface area contributed by atoms with E-state index < -0.39 is 0 Å². The minimum absolute atomic E-state index is 0.167. The van der Waals surface area contributed by atoms with Gasteiger partial charge in [-0.3, -0.25) is 4.98 Å². The van der Waals surface area contributed by atoms with E-state index >= 15 is 0 Å². The first-order valence-corrected chi connectivity index (χ1v) is 10.7. The number of nitrogens with two attached hydrogens (primary N) is 1. The summed E-state index contributed by atoms with van der Waals surface area (Å²) in [5.41, 5.74) is 11.8. The lowest BCUT2D eigenvalue weighted by atomic mass is 9.90. The SMILES string of the molecule is COc1nc(N)ncc1-c1nc(N2CCOCC2)nc2c1CCC(Cc1cccnc1)=C2. The third kappa shape index (κ3) is 4.11. The van der Waals surface area contributed by atoms with Crippen LogP contribution in [0.2, 0.25) is 0 Å². The number of pyridine rings is 1. The van der Waals surface area contributed by atoms with Crippen LogP contribution >= 0.6 is 0 Å². The summed E-state index contributed by atoms with van der Waals surface area (Å²) in [6.07, 6.45) is 10.2. The van der Waals surface area contributed by atoms with E-state index in [1.165, 1.54) is 11.1 Å². The van der Waals surface area contributed by atoms with Crippen LogP contribution in [0.5, 0.6) is 5.88 Å². The average molecular weight is 432 g/mol. The van der Waals surface area contributed by atoms with Crippen LogP contribution in [-0.2, 0) is 17.6 Å². The number of allylic oxidation sites excluding steroid dienone is 1.